The molecular formula is C22H27N2O3+. The molecule has 0 amide bonds. The van der Waals surface area contributed by atoms with E-state index in [1.54, 1.807) is 0 Å². The molecule has 5 nitrogen and oxygen atoms in total. The Bertz CT molecular complexity index is 977. The second kappa shape index (κ2) is 5.46. The number of aromatic amines is 1. The highest BCUT2D eigenvalue weighted by molar-refractivity contribution is 5.86. The van der Waals surface area contributed by atoms with E-state index in [0.29, 0.717) is 6.04 Å². The number of aliphatic hydroxyl groups is 1. The molecule has 5 heterocycles. The molecule has 0 aliphatic carbocycles. The highest BCUT2D eigenvalue weighted by atomic mass is 16.5. The molecule has 4 aliphatic heterocycles. The Kier molecular flexibility index (Phi) is 3.44. The predicted octanol–water partition coefficient (Wildman–Crippen LogP) is 2.71. The second-order valence-electron chi connectivity index (χ2n) is 8.65. The lowest BCUT2D eigenvalue weighted by molar-refractivity contribution is -0.981. The molecule has 6 rings (SSSR count). The fourth-order valence-corrected chi connectivity index (χ4v) is 6.62. The molecule has 0 saturated carbocycles. The number of nitrogens with one attached hydrogen (secondary N) is 1. The van der Waals surface area contributed by atoms with Crippen LogP contribution in [-0.2, 0) is 16.0 Å². The van der Waals surface area contributed by atoms with E-state index in [4.69, 9.17) is 4.74 Å². The van der Waals surface area contributed by atoms with Crippen LogP contribution in [0.25, 0.3) is 10.9 Å². The normalized spacial score (nSPS) is 38.2. The number of allylic oxidation sites excluding steroid dienone is 1. The van der Waals surface area contributed by atoms with Crippen LogP contribution in [0.4, 0.5) is 0 Å². The van der Waals surface area contributed by atoms with Gasteiger partial charge in [-0.05, 0) is 24.1 Å². The van der Waals surface area contributed by atoms with Gasteiger partial charge in [-0.2, -0.15) is 0 Å². The van der Waals surface area contributed by atoms with Gasteiger partial charge in [0.25, 0.3) is 0 Å². The van der Waals surface area contributed by atoms with E-state index in [1.165, 1.54) is 29.3 Å². The van der Waals surface area contributed by atoms with Crippen molar-refractivity contribution < 1.29 is 19.1 Å². The number of aliphatic hydroxyl groups excluding tert-OH is 1. The Hall–Kier alpha value is -2.11. The number of nitrogens with zero attached hydrogens (tertiary/aromatic N) is 1. The third-order valence-electron chi connectivity index (χ3n) is 7.85. The summed E-state index contributed by atoms with van der Waals surface area (Å²) in [6, 6.07) is 8.76. The van der Waals surface area contributed by atoms with Gasteiger partial charge in [-0.3, -0.25) is 4.79 Å². The molecule has 4 bridgehead atoms. The van der Waals surface area contributed by atoms with Crippen LogP contribution in [0.3, 0.4) is 0 Å². The lowest BCUT2D eigenvalue weighted by Crippen LogP contribution is -2.76. The van der Waals surface area contributed by atoms with E-state index < -0.39 is 5.41 Å². The first kappa shape index (κ1) is 17.0. The first-order valence-corrected chi connectivity index (χ1v) is 9.80. The van der Waals surface area contributed by atoms with Crippen molar-refractivity contribution in [3.05, 3.63) is 47.2 Å². The van der Waals surface area contributed by atoms with Crippen LogP contribution >= 0.6 is 0 Å². The molecule has 0 spiro atoms. The number of quaternary nitrogens is 1. The van der Waals surface area contributed by atoms with Crippen molar-refractivity contribution in [1.29, 1.82) is 0 Å². The van der Waals surface area contributed by atoms with Gasteiger partial charge in [-0.25, -0.2) is 0 Å². The van der Waals surface area contributed by atoms with Crippen LogP contribution in [-0.4, -0.2) is 53.9 Å². The van der Waals surface area contributed by atoms with Gasteiger partial charge in [-0.15, -0.1) is 0 Å². The van der Waals surface area contributed by atoms with Crippen molar-refractivity contribution in [2.24, 2.45) is 11.3 Å². The van der Waals surface area contributed by atoms with Gasteiger partial charge in [0.1, 0.15) is 24.0 Å². The Morgan fingerprint density at radius 3 is 2.93 bits per heavy atom. The minimum absolute atomic E-state index is 0.0223. The van der Waals surface area contributed by atoms with Gasteiger partial charge in [0, 0.05) is 29.7 Å². The Morgan fingerprint density at radius 2 is 2.22 bits per heavy atom. The summed E-state index contributed by atoms with van der Waals surface area (Å²) in [4.78, 5) is 16.8. The lowest BCUT2D eigenvalue weighted by Gasteiger charge is -2.66. The fraction of sp³-hybridized carbons (Fsp3) is 0.500. The summed E-state index contributed by atoms with van der Waals surface area (Å²) < 4.78 is 6.05. The summed E-state index contributed by atoms with van der Waals surface area (Å²) in [5.41, 5.74) is 4.23. The minimum Gasteiger partial charge on any atom is -0.468 e. The number of rotatable bonds is 2. The molecule has 5 atom stereocenters. The van der Waals surface area contributed by atoms with Crippen molar-refractivity contribution in [2.45, 2.75) is 31.8 Å². The van der Waals surface area contributed by atoms with Gasteiger partial charge in [0.05, 0.1) is 26.5 Å². The Balaban J connectivity index is 1.78. The number of esters is 1. The zero-order valence-corrected chi connectivity index (χ0v) is 16.2. The van der Waals surface area contributed by atoms with Crippen LogP contribution < -0.4 is 0 Å². The SMILES string of the molecule is C/C=C1/C[N+]2(C)C3CC1C(CO)(C(=O)OC)C2Cc1c3[nH]c2ccccc12. The van der Waals surface area contributed by atoms with E-state index in [1.807, 2.05) is 6.92 Å². The molecule has 2 aromatic rings. The van der Waals surface area contributed by atoms with Crippen LogP contribution in [0.2, 0.25) is 0 Å². The number of piperidine rings is 3. The van der Waals surface area contributed by atoms with Crippen molar-refractivity contribution in [3.8, 4) is 0 Å². The van der Waals surface area contributed by atoms with E-state index in [-0.39, 0.29) is 24.5 Å². The van der Waals surface area contributed by atoms with Gasteiger partial charge in [-0.1, -0.05) is 24.3 Å². The van der Waals surface area contributed by atoms with E-state index in [9.17, 15) is 9.90 Å². The van der Waals surface area contributed by atoms with Gasteiger partial charge >= 0.3 is 5.97 Å². The van der Waals surface area contributed by atoms with E-state index >= 15 is 0 Å². The molecule has 1 aromatic heterocycles. The van der Waals surface area contributed by atoms with Crippen LogP contribution in [0, 0.1) is 11.3 Å². The molecule has 2 N–H and O–H groups in total. The van der Waals surface area contributed by atoms with Crippen molar-refractivity contribution in [1.82, 2.24) is 4.98 Å². The molecule has 4 aliphatic rings. The summed E-state index contributed by atoms with van der Waals surface area (Å²) in [5.74, 6) is -0.223. The number of carbonyl (C=O) groups is 1. The number of para-hydroxylation sites is 1. The van der Waals surface area contributed by atoms with Crippen LogP contribution in [0.1, 0.15) is 30.6 Å². The van der Waals surface area contributed by atoms with Gasteiger partial charge in [0.2, 0.25) is 0 Å². The standard InChI is InChI=1S/C22H27N2O3/c1-4-13-11-24(2)18-10-16(13)22(12-25,21(26)27-3)19(24)9-15-14-7-5-6-8-17(14)23-20(15)18/h4-8,16,18-19,23,25H,9-12H2,1-3H3/q+1/b13-4-. The number of hydrogen-bond acceptors (Lipinski definition) is 3. The number of methoxy groups -OCH3 is 1. The molecule has 27 heavy (non-hydrogen) atoms. The minimum atomic E-state index is -0.865. The fourth-order valence-electron chi connectivity index (χ4n) is 6.62. The maximum Gasteiger partial charge on any atom is 0.320 e. The number of hydrogen-bond donors (Lipinski definition) is 2. The van der Waals surface area contributed by atoms with Crippen molar-refractivity contribution in [3.63, 3.8) is 0 Å². The average molecular weight is 367 g/mol. The second-order valence-corrected chi connectivity index (χ2v) is 8.65. The number of likely N-dealkylation sites (N-methyl/N-ethyl adjacent to an activating group) is 1. The molecular weight excluding hydrogens is 340 g/mol. The summed E-state index contributed by atoms with van der Waals surface area (Å²) in [7, 11) is 3.71. The largest absolute Gasteiger partial charge is 0.468 e. The summed E-state index contributed by atoms with van der Waals surface area (Å²) >= 11 is 0. The van der Waals surface area contributed by atoms with Crippen LogP contribution in [0.15, 0.2) is 35.9 Å². The summed E-state index contributed by atoms with van der Waals surface area (Å²) in [5, 5.41) is 11.8. The molecule has 142 valence electrons. The zero-order chi connectivity index (χ0) is 19.0. The number of benzene rings is 1. The summed E-state index contributed by atoms with van der Waals surface area (Å²) in [6.07, 6.45) is 3.80. The van der Waals surface area contributed by atoms with E-state index in [0.717, 1.165) is 29.4 Å². The van der Waals surface area contributed by atoms with Crippen molar-refractivity contribution >= 4 is 16.9 Å². The number of carbonyl (C=O) groups excluding carboxylic acids is 1. The summed E-state index contributed by atoms with van der Waals surface area (Å²) in [6.45, 7) is 2.82. The first-order valence-electron chi connectivity index (χ1n) is 9.80. The maximum atomic E-state index is 13.1. The zero-order valence-electron chi connectivity index (χ0n) is 16.2. The highest BCUT2D eigenvalue weighted by Gasteiger charge is 2.71. The number of fused-ring (bicyclic) bond motifs is 4. The quantitative estimate of drug-likeness (QED) is 0.487. The number of H-pyrrole nitrogens is 1. The van der Waals surface area contributed by atoms with Gasteiger partial charge in [0.15, 0.2) is 0 Å². The molecule has 3 saturated heterocycles. The van der Waals surface area contributed by atoms with Crippen LogP contribution in [0.5, 0.6) is 0 Å². The first-order chi connectivity index (χ1) is 13.0. The van der Waals surface area contributed by atoms with Gasteiger partial charge < -0.3 is 19.3 Å². The van der Waals surface area contributed by atoms with E-state index in [2.05, 4.69) is 42.4 Å². The third-order valence-corrected chi connectivity index (χ3v) is 7.85. The molecule has 3 fully saturated rings. The highest BCUT2D eigenvalue weighted by Crippen LogP contribution is 2.62. The monoisotopic (exact) mass is 367 g/mol. The number of ether oxygens (including phenoxy) is 1. The molecule has 5 unspecified atom stereocenters. The number of aromatic nitrogens is 1. The topological polar surface area (TPSA) is 62.3 Å². The third kappa shape index (κ3) is 1.84. The molecule has 5 heteroatoms. The molecule has 0 radical (unpaired) electrons. The lowest BCUT2D eigenvalue weighted by atomic mass is 9.54. The van der Waals surface area contributed by atoms with Crippen molar-refractivity contribution in [2.75, 3.05) is 27.3 Å². The smallest absolute Gasteiger partial charge is 0.320 e. The average Bonchev–Trinajstić information content (AvgIpc) is 3.05. The Morgan fingerprint density at radius 1 is 1.44 bits per heavy atom. The molecule has 1 aromatic carbocycles. The Labute approximate surface area is 159 Å². The maximum absolute atomic E-state index is 13.1. The predicted molar refractivity (Wildman–Crippen MR) is 103 cm³/mol.